The van der Waals surface area contributed by atoms with Crippen molar-refractivity contribution in [3.63, 3.8) is 0 Å². The highest BCUT2D eigenvalue weighted by atomic mass is 16.3. The van der Waals surface area contributed by atoms with Crippen LogP contribution in [0.5, 0.6) is 0 Å². The molecule has 0 atom stereocenters. The number of aromatic amines is 1. The van der Waals surface area contributed by atoms with Crippen LogP contribution in [0, 0.1) is 0 Å². The zero-order valence-corrected chi connectivity index (χ0v) is 6.00. The van der Waals surface area contributed by atoms with E-state index in [2.05, 4.69) is 4.98 Å². The Morgan fingerprint density at radius 1 is 1.27 bits per heavy atom. The van der Waals surface area contributed by atoms with E-state index in [-0.39, 0.29) is 6.61 Å². The van der Waals surface area contributed by atoms with Crippen LogP contribution in [0.25, 0.3) is 10.9 Å². The second-order valence-electron chi connectivity index (χ2n) is 2.53. The molecule has 0 aliphatic heterocycles. The van der Waals surface area contributed by atoms with Crippen LogP contribution >= 0.6 is 0 Å². The molecule has 1 radical (unpaired) electrons. The summed E-state index contributed by atoms with van der Waals surface area (Å²) in [6, 6.07) is 9.76. The number of rotatable bonds is 1. The molecule has 0 aliphatic carbocycles. The van der Waals surface area contributed by atoms with E-state index in [0.29, 0.717) is 0 Å². The molecule has 0 amide bonds. The maximum atomic E-state index is 10.5. The Bertz CT molecular complexity index is 331. The minimum absolute atomic E-state index is 0.172. The molecule has 11 heavy (non-hydrogen) atoms. The predicted octanol–water partition coefficient (Wildman–Crippen LogP) is 2.10. The number of nitrogens with one attached hydrogen (secondary N) is 1. The summed E-state index contributed by atoms with van der Waals surface area (Å²) < 4.78 is 0. The van der Waals surface area contributed by atoms with E-state index in [1.54, 1.807) is 0 Å². The quantitative estimate of drug-likeness (QED) is 0.639. The van der Waals surface area contributed by atoms with Gasteiger partial charge in [0.2, 0.25) is 0 Å². The van der Waals surface area contributed by atoms with Gasteiger partial charge in [-0.15, -0.1) is 0 Å². The Morgan fingerprint density at radius 2 is 2.09 bits per heavy atom. The van der Waals surface area contributed by atoms with Gasteiger partial charge in [0.1, 0.15) is 6.61 Å². The van der Waals surface area contributed by atoms with Crippen LogP contribution in [-0.4, -0.2) is 4.98 Å². The number of hydrogen-bond acceptors (Lipinski definition) is 0. The van der Waals surface area contributed by atoms with Crippen LogP contribution in [0.3, 0.4) is 0 Å². The molecule has 0 fully saturated rings. The van der Waals surface area contributed by atoms with Crippen LogP contribution < -0.4 is 0 Å². The minimum atomic E-state index is -0.172. The van der Waals surface area contributed by atoms with Gasteiger partial charge in [-0.25, -0.2) is 5.11 Å². The van der Waals surface area contributed by atoms with Crippen LogP contribution in [0.1, 0.15) is 5.69 Å². The summed E-state index contributed by atoms with van der Waals surface area (Å²) in [7, 11) is 0. The molecule has 55 valence electrons. The zero-order valence-electron chi connectivity index (χ0n) is 6.00. The average molecular weight is 146 g/mol. The van der Waals surface area contributed by atoms with E-state index in [1.807, 2.05) is 30.3 Å². The molecule has 2 aromatic rings. The summed E-state index contributed by atoms with van der Waals surface area (Å²) >= 11 is 0. The number of hydrogen-bond donors (Lipinski definition) is 1. The zero-order chi connectivity index (χ0) is 7.68. The normalized spacial score (nSPS) is 10.6. The van der Waals surface area contributed by atoms with Crippen molar-refractivity contribution >= 4 is 10.9 Å². The van der Waals surface area contributed by atoms with Gasteiger partial charge in [0.05, 0.1) is 0 Å². The first-order valence-electron chi connectivity index (χ1n) is 3.55. The summed E-state index contributed by atoms with van der Waals surface area (Å²) in [5, 5.41) is 11.6. The van der Waals surface area contributed by atoms with Crippen molar-refractivity contribution in [3.8, 4) is 0 Å². The molecule has 0 bridgehead atoms. The highest BCUT2D eigenvalue weighted by molar-refractivity contribution is 5.80. The van der Waals surface area contributed by atoms with E-state index in [9.17, 15) is 5.11 Å². The molecule has 0 saturated heterocycles. The maximum Gasteiger partial charge on any atom is 0.122 e. The summed E-state index contributed by atoms with van der Waals surface area (Å²) in [4.78, 5) is 3.03. The Kier molecular flexibility index (Phi) is 1.40. The first-order chi connectivity index (χ1) is 5.40. The highest BCUT2D eigenvalue weighted by Gasteiger charge is 1.96. The second-order valence-corrected chi connectivity index (χ2v) is 2.53. The number of para-hydroxylation sites is 1. The number of fused-ring (bicyclic) bond motifs is 1. The van der Waals surface area contributed by atoms with Crippen molar-refractivity contribution < 1.29 is 5.11 Å². The molecular weight excluding hydrogens is 138 g/mol. The van der Waals surface area contributed by atoms with E-state index < -0.39 is 0 Å². The fraction of sp³-hybridized carbons (Fsp3) is 0.111. The van der Waals surface area contributed by atoms with Gasteiger partial charge >= 0.3 is 0 Å². The molecule has 1 N–H and O–H groups in total. The Morgan fingerprint density at radius 3 is 2.82 bits per heavy atom. The minimum Gasteiger partial charge on any atom is -0.356 e. The lowest BCUT2D eigenvalue weighted by molar-refractivity contribution is 0.174. The van der Waals surface area contributed by atoms with Gasteiger partial charge in [0, 0.05) is 11.2 Å². The molecule has 1 aromatic carbocycles. The first kappa shape index (κ1) is 6.43. The number of H-pyrrole nitrogens is 1. The van der Waals surface area contributed by atoms with Crippen molar-refractivity contribution in [2.24, 2.45) is 0 Å². The Hall–Kier alpha value is -1.28. The van der Waals surface area contributed by atoms with Crippen LogP contribution in [-0.2, 0) is 11.7 Å². The molecule has 1 aromatic heterocycles. The fourth-order valence-corrected chi connectivity index (χ4v) is 1.21. The SMILES string of the molecule is [O]Cc1cc2ccccc2[nH]1. The molecule has 0 aliphatic rings. The smallest absolute Gasteiger partial charge is 0.122 e. The summed E-state index contributed by atoms with van der Waals surface area (Å²) in [5.74, 6) is 0. The second kappa shape index (κ2) is 2.40. The third-order valence-corrected chi connectivity index (χ3v) is 1.74. The lowest BCUT2D eigenvalue weighted by atomic mass is 10.2. The van der Waals surface area contributed by atoms with Crippen LogP contribution in [0.15, 0.2) is 30.3 Å². The van der Waals surface area contributed by atoms with Gasteiger partial charge in [0.25, 0.3) is 0 Å². The molecular formula is C9H8NO. The standard InChI is InChI=1S/C9H8NO/c11-6-8-5-7-3-1-2-4-9(7)10-8/h1-5,10H,6H2. The largest absolute Gasteiger partial charge is 0.356 e. The van der Waals surface area contributed by atoms with Gasteiger partial charge in [-0.2, -0.15) is 0 Å². The van der Waals surface area contributed by atoms with Gasteiger partial charge in [-0.05, 0) is 17.5 Å². The fourth-order valence-electron chi connectivity index (χ4n) is 1.21. The van der Waals surface area contributed by atoms with Crippen molar-refractivity contribution in [3.05, 3.63) is 36.0 Å². The van der Waals surface area contributed by atoms with Gasteiger partial charge < -0.3 is 4.98 Å². The molecule has 1 heterocycles. The molecule has 0 saturated carbocycles. The average Bonchev–Trinajstić information content (AvgIpc) is 2.46. The molecule has 2 heteroatoms. The topological polar surface area (TPSA) is 35.7 Å². The van der Waals surface area contributed by atoms with E-state index >= 15 is 0 Å². The van der Waals surface area contributed by atoms with Gasteiger partial charge in [-0.1, -0.05) is 18.2 Å². The molecule has 0 unspecified atom stereocenters. The summed E-state index contributed by atoms with van der Waals surface area (Å²) in [6.45, 7) is -0.172. The molecule has 0 spiro atoms. The van der Waals surface area contributed by atoms with Crippen molar-refractivity contribution in [2.45, 2.75) is 6.61 Å². The predicted molar refractivity (Wildman–Crippen MR) is 42.7 cm³/mol. The number of aromatic nitrogens is 1. The first-order valence-corrected chi connectivity index (χ1v) is 3.55. The van der Waals surface area contributed by atoms with E-state index in [4.69, 9.17) is 0 Å². The van der Waals surface area contributed by atoms with Gasteiger partial charge in [0.15, 0.2) is 0 Å². The third-order valence-electron chi connectivity index (χ3n) is 1.74. The maximum absolute atomic E-state index is 10.5. The Labute approximate surface area is 64.5 Å². The monoisotopic (exact) mass is 146 g/mol. The molecule has 2 nitrogen and oxygen atoms in total. The highest BCUT2D eigenvalue weighted by Crippen LogP contribution is 2.13. The number of benzene rings is 1. The Balaban J connectivity index is 2.69. The van der Waals surface area contributed by atoms with Crippen LogP contribution in [0.2, 0.25) is 0 Å². The van der Waals surface area contributed by atoms with Crippen molar-refractivity contribution in [1.29, 1.82) is 0 Å². The van der Waals surface area contributed by atoms with Crippen molar-refractivity contribution in [2.75, 3.05) is 0 Å². The van der Waals surface area contributed by atoms with E-state index in [0.717, 1.165) is 16.6 Å². The third kappa shape index (κ3) is 1.01. The lowest BCUT2D eigenvalue weighted by Crippen LogP contribution is -1.76. The van der Waals surface area contributed by atoms with Gasteiger partial charge in [-0.3, -0.25) is 0 Å². The lowest BCUT2D eigenvalue weighted by Gasteiger charge is -1.84. The molecule has 2 rings (SSSR count). The van der Waals surface area contributed by atoms with E-state index in [1.165, 1.54) is 0 Å². The van der Waals surface area contributed by atoms with Crippen molar-refractivity contribution in [1.82, 2.24) is 4.98 Å². The van der Waals surface area contributed by atoms with Crippen LogP contribution in [0.4, 0.5) is 0 Å². The summed E-state index contributed by atoms with van der Waals surface area (Å²) in [6.07, 6.45) is 0. The summed E-state index contributed by atoms with van der Waals surface area (Å²) in [5.41, 5.74) is 1.80.